The van der Waals surface area contributed by atoms with Crippen LogP contribution in [0.4, 0.5) is 5.69 Å². The van der Waals surface area contributed by atoms with Gasteiger partial charge in [0.2, 0.25) is 10.0 Å². The van der Waals surface area contributed by atoms with Gasteiger partial charge in [-0.25, -0.2) is 8.42 Å². The first-order valence-electron chi connectivity index (χ1n) is 8.37. The van der Waals surface area contributed by atoms with Gasteiger partial charge in [0.1, 0.15) is 0 Å². The van der Waals surface area contributed by atoms with Crippen molar-refractivity contribution in [3.63, 3.8) is 0 Å². The topological polar surface area (TPSA) is 67.2 Å². The molecule has 130 valence electrons. The van der Waals surface area contributed by atoms with Crippen LogP contribution in [0.5, 0.6) is 0 Å². The van der Waals surface area contributed by atoms with Crippen LogP contribution < -0.4 is 9.62 Å². The molecule has 0 spiro atoms. The van der Waals surface area contributed by atoms with E-state index >= 15 is 0 Å². The second-order valence-corrected chi connectivity index (χ2v) is 8.14. The Bertz CT molecular complexity index is 741. The maximum absolute atomic E-state index is 12.0. The lowest BCUT2D eigenvalue weighted by Gasteiger charge is -2.19. The van der Waals surface area contributed by atoms with Crippen LogP contribution in [0.1, 0.15) is 31.4 Å². The van der Waals surface area contributed by atoms with Gasteiger partial charge in [-0.05, 0) is 50.1 Å². The first kappa shape index (κ1) is 17.0. The van der Waals surface area contributed by atoms with Gasteiger partial charge >= 0.3 is 0 Å². The van der Waals surface area contributed by atoms with E-state index in [1.165, 1.54) is 4.31 Å². The minimum Gasteiger partial charge on any atom is -0.310 e. The SMILES string of the molecule is C[C@@H](NCCCn1cccn1)c1ccc(N2CCCS2(=O)=O)cc1. The number of rotatable bonds is 7. The number of anilines is 1. The quantitative estimate of drug-likeness (QED) is 0.779. The van der Waals surface area contributed by atoms with Crippen LogP contribution in [0.2, 0.25) is 0 Å². The van der Waals surface area contributed by atoms with Crippen molar-refractivity contribution >= 4 is 15.7 Å². The van der Waals surface area contributed by atoms with Crippen molar-refractivity contribution in [2.75, 3.05) is 23.1 Å². The highest BCUT2D eigenvalue weighted by molar-refractivity contribution is 7.93. The summed E-state index contributed by atoms with van der Waals surface area (Å²) in [4.78, 5) is 0. The second kappa shape index (κ2) is 7.36. The summed E-state index contributed by atoms with van der Waals surface area (Å²) in [5.41, 5.74) is 1.93. The van der Waals surface area contributed by atoms with Crippen LogP contribution in [0.25, 0.3) is 0 Å². The number of nitrogens with zero attached hydrogens (tertiary/aromatic N) is 3. The van der Waals surface area contributed by atoms with Gasteiger partial charge in [-0.3, -0.25) is 8.99 Å². The zero-order chi connectivity index (χ0) is 17.0. The van der Waals surface area contributed by atoms with Gasteiger partial charge < -0.3 is 5.32 Å². The van der Waals surface area contributed by atoms with Crippen molar-refractivity contribution in [3.05, 3.63) is 48.3 Å². The first-order chi connectivity index (χ1) is 11.6. The molecular formula is C17H24N4O2S. The molecule has 1 N–H and O–H groups in total. The van der Waals surface area contributed by atoms with E-state index in [1.807, 2.05) is 41.2 Å². The molecule has 1 aromatic heterocycles. The highest BCUT2D eigenvalue weighted by Gasteiger charge is 2.28. The number of nitrogens with one attached hydrogen (secondary N) is 1. The largest absolute Gasteiger partial charge is 0.310 e. The van der Waals surface area contributed by atoms with Crippen LogP contribution in [0.3, 0.4) is 0 Å². The van der Waals surface area contributed by atoms with Gasteiger partial charge in [0, 0.05) is 31.5 Å². The normalized spacial score (nSPS) is 18.0. The molecule has 1 fully saturated rings. The lowest BCUT2D eigenvalue weighted by Crippen LogP contribution is -2.25. The fourth-order valence-electron chi connectivity index (χ4n) is 2.97. The van der Waals surface area contributed by atoms with E-state index in [0.717, 1.165) is 30.8 Å². The molecule has 3 rings (SSSR count). The van der Waals surface area contributed by atoms with Crippen LogP contribution >= 0.6 is 0 Å². The molecule has 0 bridgehead atoms. The molecule has 1 aliphatic rings. The van der Waals surface area contributed by atoms with Crippen molar-refractivity contribution in [2.24, 2.45) is 0 Å². The molecule has 7 heteroatoms. The van der Waals surface area contributed by atoms with Gasteiger partial charge in [0.15, 0.2) is 0 Å². The molecule has 24 heavy (non-hydrogen) atoms. The smallest absolute Gasteiger partial charge is 0.235 e. The van der Waals surface area contributed by atoms with Crippen LogP contribution in [0, 0.1) is 0 Å². The molecule has 0 amide bonds. The van der Waals surface area contributed by atoms with E-state index in [1.54, 1.807) is 6.20 Å². The summed E-state index contributed by atoms with van der Waals surface area (Å²) in [6.45, 7) is 4.51. The lowest BCUT2D eigenvalue weighted by molar-refractivity contribution is 0.507. The van der Waals surface area contributed by atoms with Crippen molar-refractivity contribution in [2.45, 2.75) is 32.4 Å². The molecule has 1 atom stereocenters. The predicted octanol–water partition coefficient (Wildman–Crippen LogP) is 2.16. The molecule has 0 aliphatic carbocycles. The summed E-state index contributed by atoms with van der Waals surface area (Å²) < 4.78 is 27.4. The first-order valence-corrected chi connectivity index (χ1v) is 9.98. The summed E-state index contributed by atoms with van der Waals surface area (Å²) in [7, 11) is -3.10. The van der Waals surface area contributed by atoms with E-state index in [0.29, 0.717) is 13.0 Å². The summed E-state index contributed by atoms with van der Waals surface area (Å²) in [5.74, 6) is 0.253. The molecule has 2 aromatic rings. The molecule has 1 saturated heterocycles. The van der Waals surface area contributed by atoms with Crippen molar-refractivity contribution < 1.29 is 8.42 Å². The molecule has 0 unspecified atom stereocenters. The highest BCUT2D eigenvalue weighted by atomic mass is 32.2. The average molecular weight is 348 g/mol. The van der Waals surface area contributed by atoms with E-state index < -0.39 is 10.0 Å². The van der Waals surface area contributed by atoms with Gasteiger partial charge in [0.25, 0.3) is 0 Å². The van der Waals surface area contributed by atoms with E-state index in [4.69, 9.17) is 0 Å². The predicted molar refractivity (Wildman–Crippen MR) is 95.5 cm³/mol. The summed E-state index contributed by atoms with van der Waals surface area (Å²) >= 11 is 0. The van der Waals surface area contributed by atoms with Gasteiger partial charge in [0.05, 0.1) is 11.4 Å². The fourth-order valence-corrected chi connectivity index (χ4v) is 4.53. The minimum absolute atomic E-state index is 0.229. The fraction of sp³-hybridized carbons (Fsp3) is 0.471. The number of aryl methyl sites for hydroxylation is 1. The Kier molecular flexibility index (Phi) is 5.20. The maximum atomic E-state index is 12.0. The minimum atomic E-state index is -3.10. The molecule has 1 aliphatic heterocycles. The number of aromatic nitrogens is 2. The lowest BCUT2D eigenvalue weighted by atomic mass is 10.1. The van der Waals surface area contributed by atoms with Crippen LogP contribution in [-0.2, 0) is 16.6 Å². The third kappa shape index (κ3) is 3.96. The zero-order valence-corrected chi connectivity index (χ0v) is 14.7. The van der Waals surface area contributed by atoms with Gasteiger partial charge in [-0.15, -0.1) is 0 Å². The van der Waals surface area contributed by atoms with Gasteiger partial charge in [-0.1, -0.05) is 12.1 Å². The Hall–Kier alpha value is -1.86. The number of sulfonamides is 1. The molecule has 2 heterocycles. The average Bonchev–Trinajstić information content (AvgIpc) is 3.20. The number of benzene rings is 1. The van der Waals surface area contributed by atoms with Crippen LogP contribution in [-0.4, -0.2) is 37.0 Å². The number of hydrogen-bond donors (Lipinski definition) is 1. The van der Waals surface area contributed by atoms with Crippen molar-refractivity contribution in [1.82, 2.24) is 15.1 Å². The highest BCUT2D eigenvalue weighted by Crippen LogP contribution is 2.25. The molecular weight excluding hydrogens is 324 g/mol. The van der Waals surface area contributed by atoms with E-state index in [9.17, 15) is 8.42 Å². The molecule has 0 radical (unpaired) electrons. The van der Waals surface area contributed by atoms with Crippen molar-refractivity contribution in [3.8, 4) is 0 Å². The van der Waals surface area contributed by atoms with Gasteiger partial charge in [-0.2, -0.15) is 5.10 Å². The Morgan fingerprint density at radius 3 is 2.71 bits per heavy atom. The van der Waals surface area contributed by atoms with Crippen molar-refractivity contribution in [1.29, 1.82) is 0 Å². The Balaban J connectivity index is 1.51. The van der Waals surface area contributed by atoms with E-state index in [-0.39, 0.29) is 11.8 Å². The third-order valence-electron chi connectivity index (χ3n) is 4.35. The zero-order valence-electron chi connectivity index (χ0n) is 13.9. The maximum Gasteiger partial charge on any atom is 0.235 e. The number of hydrogen-bond acceptors (Lipinski definition) is 4. The summed E-state index contributed by atoms with van der Waals surface area (Å²) in [5, 5.41) is 7.68. The summed E-state index contributed by atoms with van der Waals surface area (Å²) in [6.07, 6.45) is 5.47. The van der Waals surface area contributed by atoms with Crippen LogP contribution in [0.15, 0.2) is 42.7 Å². The Morgan fingerprint density at radius 2 is 2.08 bits per heavy atom. The van der Waals surface area contributed by atoms with E-state index in [2.05, 4.69) is 17.3 Å². The standard InChI is InChI=1S/C17H24N4O2S/c1-15(18-9-2-11-20-12-3-10-19-20)16-5-7-17(8-6-16)21-13-4-14-24(21,22)23/h3,5-8,10,12,15,18H,2,4,9,11,13-14H2,1H3/t15-/m1/s1. The Labute approximate surface area is 143 Å². The second-order valence-electron chi connectivity index (χ2n) is 6.13. The molecule has 0 saturated carbocycles. The summed E-state index contributed by atoms with van der Waals surface area (Å²) in [6, 6.07) is 9.98. The molecule has 6 nitrogen and oxygen atoms in total. The monoisotopic (exact) mass is 348 g/mol. The Morgan fingerprint density at radius 1 is 1.29 bits per heavy atom. The molecule has 1 aromatic carbocycles. The third-order valence-corrected chi connectivity index (χ3v) is 6.22.